The molecule has 4 heteroatoms. The summed E-state index contributed by atoms with van der Waals surface area (Å²) in [4.78, 5) is 4.65. The molecular formula is C18H22FN3. The van der Waals surface area contributed by atoms with E-state index in [9.17, 15) is 4.39 Å². The van der Waals surface area contributed by atoms with Gasteiger partial charge < -0.3 is 15.5 Å². The Morgan fingerprint density at radius 2 is 1.50 bits per heavy atom. The van der Waals surface area contributed by atoms with Gasteiger partial charge >= 0.3 is 0 Å². The highest BCUT2D eigenvalue weighted by atomic mass is 19.1. The Kier molecular flexibility index (Phi) is 3.92. The molecule has 1 aliphatic rings. The van der Waals surface area contributed by atoms with Crippen LogP contribution >= 0.6 is 0 Å². The van der Waals surface area contributed by atoms with Gasteiger partial charge in [0.15, 0.2) is 0 Å². The number of hydrogen-bond donors (Lipinski definition) is 1. The molecule has 2 aromatic rings. The minimum atomic E-state index is -0.282. The minimum absolute atomic E-state index is 0.282. The second-order valence-corrected chi connectivity index (χ2v) is 5.97. The van der Waals surface area contributed by atoms with Gasteiger partial charge in [0.2, 0.25) is 0 Å². The molecule has 0 aliphatic carbocycles. The van der Waals surface area contributed by atoms with E-state index < -0.39 is 0 Å². The van der Waals surface area contributed by atoms with Gasteiger partial charge in [0.25, 0.3) is 0 Å². The van der Waals surface area contributed by atoms with Crippen LogP contribution in [-0.2, 0) is 0 Å². The first kappa shape index (κ1) is 14.7. The van der Waals surface area contributed by atoms with Crippen molar-refractivity contribution in [3.63, 3.8) is 0 Å². The van der Waals surface area contributed by atoms with E-state index >= 15 is 0 Å². The fourth-order valence-electron chi connectivity index (χ4n) is 3.06. The molecular weight excluding hydrogens is 277 g/mol. The maximum atomic E-state index is 13.2. The van der Waals surface area contributed by atoms with Crippen molar-refractivity contribution in [1.29, 1.82) is 0 Å². The number of anilines is 3. The second-order valence-electron chi connectivity index (χ2n) is 5.97. The average Bonchev–Trinajstić information content (AvgIpc) is 2.50. The van der Waals surface area contributed by atoms with Gasteiger partial charge in [-0.2, -0.15) is 0 Å². The molecule has 0 bridgehead atoms. The highest BCUT2D eigenvalue weighted by molar-refractivity contribution is 5.68. The van der Waals surface area contributed by atoms with Gasteiger partial charge in [0, 0.05) is 31.9 Å². The zero-order chi connectivity index (χ0) is 15.7. The number of nitrogens with two attached hydrogens (primary N) is 1. The second kappa shape index (κ2) is 5.87. The summed E-state index contributed by atoms with van der Waals surface area (Å²) < 4.78 is 13.2. The van der Waals surface area contributed by atoms with Crippen LogP contribution in [0.25, 0.3) is 0 Å². The Bertz CT molecular complexity index is 676. The van der Waals surface area contributed by atoms with Gasteiger partial charge in [-0.25, -0.2) is 4.39 Å². The lowest BCUT2D eigenvalue weighted by molar-refractivity contribution is 0.625. The summed E-state index contributed by atoms with van der Waals surface area (Å²) in [6.45, 7) is 7.95. The van der Waals surface area contributed by atoms with Crippen molar-refractivity contribution < 1.29 is 4.39 Å². The van der Waals surface area contributed by atoms with E-state index in [0.717, 1.165) is 31.9 Å². The summed E-state index contributed by atoms with van der Waals surface area (Å²) in [5.74, 6) is -0.282. The normalized spacial score (nSPS) is 15.2. The predicted octanol–water partition coefficient (Wildman–Crippen LogP) is 3.35. The summed E-state index contributed by atoms with van der Waals surface area (Å²) in [7, 11) is 0. The highest BCUT2D eigenvalue weighted by Gasteiger charge is 2.20. The molecule has 116 valence electrons. The van der Waals surface area contributed by atoms with Crippen molar-refractivity contribution in [1.82, 2.24) is 0 Å². The summed E-state index contributed by atoms with van der Waals surface area (Å²) in [5.41, 5.74) is 11.3. The number of aryl methyl sites for hydroxylation is 2. The Labute approximate surface area is 131 Å². The van der Waals surface area contributed by atoms with Gasteiger partial charge in [0.1, 0.15) is 5.82 Å². The first-order valence-electron chi connectivity index (χ1n) is 7.67. The smallest absolute Gasteiger partial charge is 0.125 e. The molecule has 2 N–H and O–H groups in total. The molecule has 0 unspecified atom stereocenters. The Morgan fingerprint density at radius 1 is 0.864 bits per heavy atom. The van der Waals surface area contributed by atoms with Crippen LogP contribution in [-0.4, -0.2) is 26.2 Å². The van der Waals surface area contributed by atoms with Crippen molar-refractivity contribution >= 4 is 17.1 Å². The SMILES string of the molecule is Cc1ccc(C)c(N2CCN(c3ccc(F)cc3N)CC2)c1. The van der Waals surface area contributed by atoms with Crippen LogP contribution in [0, 0.1) is 19.7 Å². The van der Waals surface area contributed by atoms with Crippen LogP contribution in [0.15, 0.2) is 36.4 Å². The number of piperazine rings is 1. The monoisotopic (exact) mass is 299 g/mol. The number of halogens is 1. The maximum absolute atomic E-state index is 13.2. The van der Waals surface area contributed by atoms with E-state index in [2.05, 4.69) is 41.8 Å². The molecule has 0 saturated carbocycles. The molecule has 1 fully saturated rings. The van der Waals surface area contributed by atoms with E-state index in [1.807, 2.05) is 0 Å². The fourth-order valence-corrected chi connectivity index (χ4v) is 3.06. The topological polar surface area (TPSA) is 32.5 Å². The van der Waals surface area contributed by atoms with Crippen LogP contribution in [0.5, 0.6) is 0 Å². The summed E-state index contributed by atoms with van der Waals surface area (Å²) in [5, 5.41) is 0. The van der Waals surface area contributed by atoms with Crippen LogP contribution in [0.1, 0.15) is 11.1 Å². The Hall–Kier alpha value is -2.23. The van der Waals surface area contributed by atoms with Gasteiger partial charge in [-0.3, -0.25) is 0 Å². The Balaban J connectivity index is 1.73. The molecule has 2 aromatic carbocycles. The largest absolute Gasteiger partial charge is 0.397 e. The molecule has 3 rings (SSSR count). The standard InChI is InChI=1S/C18H22FN3/c1-13-3-4-14(2)18(11-13)22-9-7-21(8-10-22)17-6-5-15(19)12-16(17)20/h3-6,11-12H,7-10,20H2,1-2H3. The molecule has 1 aliphatic heterocycles. The first-order chi connectivity index (χ1) is 10.5. The van der Waals surface area contributed by atoms with E-state index in [1.54, 1.807) is 6.07 Å². The minimum Gasteiger partial charge on any atom is -0.397 e. The van der Waals surface area contributed by atoms with Crippen molar-refractivity contribution in [2.45, 2.75) is 13.8 Å². The van der Waals surface area contributed by atoms with E-state index in [0.29, 0.717) is 5.69 Å². The molecule has 3 nitrogen and oxygen atoms in total. The Morgan fingerprint density at radius 3 is 2.14 bits per heavy atom. The number of nitrogens with zero attached hydrogens (tertiary/aromatic N) is 2. The van der Waals surface area contributed by atoms with Crippen molar-refractivity contribution in [3.8, 4) is 0 Å². The summed E-state index contributed by atoms with van der Waals surface area (Å²) in [6.07, 6.45) is 0. The summed E-state index contributed by atoms with van der Waals surface area (Å²) >= 11 is 0. The molecule has 1 saturated heterocycles. The number of benzene rings is 2. The highest BCUT2D eigenvalue weighted by Crippen LogP contribution is 2.27. The lowest BCUT2D eigenvalue weighted by Gasteiger charge is -2.38. The van der Waals surface area contributed by atoms with Crippen molar-refractivity contribution in [2.24, 2.45) is 0 Å². The third kappa shape index (κ3) is 2.86. The third-order valence-electron chi connectivity index (χ3n) is 4.32. The fraction of sp³-hybridized carbons (Fsp3) is 0.333. The molecule has 22 heavy (non-hydrogen) atoms. The van der Waals surface area contributed by atoms with Gasteiger partial charge in [-0.05, 0) is 49.2 Å². The zero-order valence-electron chi connectivity index (χ0n) is 13.1. The molecule has 0 aromatic heterocycles. The average molecular weight is 299 g/mol. The predicted molar refractivity (Wildman–Crippen MR) is 91.2 cm³/mol. The van der Waals surface area contributed by atoms with Crippen molar-refractivity contribution in [2.75, 3.05) is 41.7 Å². The lowest BCUT2D eigenvalue weighted by atomic mass is 10.1. The van der Waals surface area contributed by atoms with Crippen LogP contribution < -0.4 is 15.5 Å². The van der Waals surface area contributed by atoms with Crippen molar-refractivity contribution in [3.05, 3.63) is 53.3 Å². The van der Waals surface area contributed by atoms with Gasteiger partial charge in [-0.1, -0.05) is 12.1 Å². The van der Waals surface area contributed by atoms with Gasteiger partial charge in [0.05, 0.1) is 11.4 Å². The quantitative estimate of drug-likeness (QED) is 0.863. The van der Waals surface area contributed by atoms with Gasteiger partial charge in [-0.15, -0.1) is 0 Å². The number of rotatable bonds is 2. The summed E-state index contributed by atoms with van der Waals surface area (Å²) in [6, 6.07) is 11.2. The molecule has 0 spiro atoms. The third-order valence-corrected chi connectivity index (χ3v) is 4.32. The van der Waals surface area contributed by atoms with E-state index in [4.69, 9.17) is 5.73 Å². The van der Waals surface area contributed by atoms with Crippen LogP contribution in [0.2, 0.25) is 0 Å². The number of hydrogen-bond acceptors (Lipinski definition) is 3. The van der Waals surface area contributed by atoms with Crippen LogP contribution in [0.4, 0.5) is 21.5 Å². The first-order valence-corrected chi connectivity index (χ1v) is 7.67. The molecule has 0 radical (unpaired) electrons. The number of nitrogen functional groups attached to an aromatic ring is 1. The molecule has 1 heterocycles. The zero-order valence-corrected chi connectivity index (χ0v) is 13.1. The van der Waals surface area contributed by atoms with Crippen LogP contribution in [0.3, 0.4) is 0 Å². The maximum Gasteiger partial charge on any atom is 0.125 e. The van der Waals surface area contributed by atoms with E-state index in [1.165, 1.54) is 28.9 Å². The van der Waals surface area contributed by atoms with E-state index in [-0.39, 0.29) is 5.82 Å². The lowest BCUT2D eigenvalue weighted by Crippen LogP contribution is -2.47. The molecule has 0 atom stereocenters. The molecule has 0 amide bonds.